The highest BCUT2D eigenvalue weighted by atomic mass is 35.5. The number of ether oxygens (including phenoxy) is 3. The van der Waals surface area contributed by atoms with Crippen LogP contribution in [0.25, 0.3) is 0 Å². The third-order valence-electron chi connectivity index (χ3n) is 11.0. The summed E-state index contributed by atoms with van der Waals surface area (Å²) >= 11 is 6.31. The van der Waals surface area contributed by atoms with Gasteiger partial charge in [-0.3, -0.25) is 19.4 Å². The van der Waals surface area contributed by atoms with Crippen LogP contribution in [-0.4, -0.2) is 99.3 Å². The minimum Gasteiger partial charge on any atom is -0.493 e. The third-order valence-corrected chi connectivity index (χ3v) is 11.2. The lowest BCUT2D eigenvalue weighted by Gasteiger charge is -2.41. The molecule has 0 spiro atoms. The van der Waals surface area contributed by atoms with E-state index >= 15 is 0 Å². The van der Waals surface area contributed by atoms with Gasteiger partial charge in [-0.15, -0.1) is 0 Å². The summed E-state index contributed by atoms with van der Waals surface area (Å²) in [5.41, 5.74) is 3.56. The highest BCUT2D eigenvalue weighted by Gasteiger charge is 2.37. The van der Waals surface area contributed by atoms with Crippen molar-refractivity contribution in [3.63, 3.8) is 0 Å². The summed E-state index contributed by atoms with van der Waals surface area (Å²) in [6, 6.07) is 15.7. The second-order valence-corrected chi connectivity index (χ2v) is 14.7. The molecule has 0 bridgehead atoms. The molecule has 4 aliphatic rings. The van der Waals surface area contributed by atoms with Gasteiger partial charge in [-0.1, -0.05) is 23.7 Å². The predicted molar refractivity (Wildman–Crippen MR) is 194 cm³/mol. The second kappa shape index (κ2) is 15.2. The molecular weight excluding hydrogens is 654 g/mol. The average molecular weight is 702 g/mol. The number of likely N-dealkylation sites (N-methyl/N-ethyl adjacent to an activating group) is 1. The largest absolute Gasteiger partial charge is 0.493 e. The quantitative estimate of drug-likeness (QED) is 0.264. The minimum absolute atomic E-state index is 0.0192. The molecule has 2 amide bonds. The molecule has 2 atom stereocenters. The zero-order valence-electron chi connectivity index (χ0n) is 29.4. The van der Waals surface area contributed by atoms with Gasteiger partial charge in [-0.25, -0.2) is 4.98 Å². The molecule has 1 saturated carbocycles. The van der Waals surface area contributed by atoms with Gasteiger partial charge in [0.05, 0.1) is 44.1 Å². The van der Waals surface area contributed by atoms with Crippen LogP contribution in [0.3, 0.4) is 0 Å². The molecule has 10 nitrogen and oxygen atoms in total. The SMILES string of the molecule is COc1cc2c(cc1OC[C@H]1CCCO1)[C@H](c1ccc(Cl)cc1)N(c1ccc(N(C)C[C@H]3CC[C@@H](N4CCN(C)C(=O)C4)CC3)nc1)C(=O)C2. The van der Waals surface area contributed by atoms with Crippen molar-refractivity contribution in [1.82, 2.24) is 14.8 Å². The molecule has 7 rings (SSSR count). The number of hydrogen-bond donors (Lipinski definition) is 0. The monoisotopic (exact) mass is 701 g/mol. The number of hydrogen-bond acceptors (Lipinski definition) is 8. The van der Waals surface area contributed by atoms with Crippen molar-refractivity contribution in [2.24, 2.45) is 5.92 Å². The number of carbonyl (C=O) groups is 2. The molecule has 50 heavy (non-hydrogen) atoms. The molecule has 0 N–H and O–H groups in total. The van der Waals surface area contributed by atoms with Crippen molar-refractivity contribution in [1.29, 1.82) is 0 Å². The number of carbonyl (C=O) groups excluding carboxylic acids is 2. The first-order valence-electron chi connectivity index (χ1n) is 17.9. The van der Waals surface area contributed by atoms with Crippen molar-refractivity contribution < 1.29 is 23.8 Å². The van der Waals surface area contributed by atoms with E-state index in [9.17, 15) is 9.59 Å². The van der Waals surface area contributed by atoms with E-state index < -0.39 is 6.04 Å². The molecule has 0 radical (unpaired) electrons. The zero-order chi connectivity index (χ0) is 34.8. The number of anilines is 2. The first-order chi connectivity index (χ1) is 24.3. The summed E-state index contributed by atoms with van der Waals surface area (Å²) in [7, 11) is 5.62. The number of amides is 2. The van der Waals surface area contributed by atoms with E-state index in [2.05, 4.69) is 16.8 Å². The van der Waals surface area contributed by atoms with E-state index in [1.54, 1.807) is 7.11 Å². The fourth-order valence-electron chi connectivity index (χ4n) is 8.06. The van der Waals surface area contributed by atoms with Gasteiger partial charge in [0, 0.05) is 51.4 Å². The normalized spacial score (nSPS) is 24.3. The van der Waals surface area contributed by atoms with E-state index in [4.69, 9.17) is 30.8 Å². The highest BCUT2D eigenvalue weighted by molar-refractivity contribution is 6.30. The fourth-order valence-corrected chi connectivity index (χ4v) is 8.19. The first-order valence-corrected chi connectivity index (χ1v) is 18.3. The first kappa shape index (κ1) is 34.6. The van der Waals surface area contributed by atoms with Crippen molar-refractivity contribution in [2.45, 2.75) is 63.1 Å². The lowest BCUT2D eigenvalue weighted by atomic mass is 9.84. The van der Waals surface area contributed by atoms with E-state index in [0.29, 0.717) is 41.6 Å². The Kier molecular flexibility index (Phi) is 10.5. The van der Waals surface area contributed by atoms with Gasteiger partial charge in [0.25, 0.3) is 0 Å². The Morgan fingerprint density at radius 1 is 0.980 bits per heavy atom. The van der Waals surface area contributed by atoms with Crippen LogP contribution in [0.15, 0.2) is 54.7 Å². The molecule has 266 valence electrons. The van der Waals surface area contributed by atoms with Crippen molar-refractivity contribution in [3.8, 4) is 11.5 Å². The van der Waals surface area contributed by atoms with Crippen molar-refractivity contribution in [2.75, 3.05) is 70.4 Å². The fraction of sp³-hybridized carbons (Fsp3) is 0.513. The van der Waals surface area contributed by atoms with Crippen molar-refractivity contribution in [3.05, 3.63) is 76.4 Å². The number of nitrogens with zero attached hydrogens (tertiary/aromatic N) is 5. The number of piperazine rings is 1. The minimum atomic E-state index is -0.407. The lowest BCUT2D eigenvalue weighted by molar-refractivity contribution is -0.135. The van der Waals surface area contributed by atoms with Gasteiger partial charge in [-0.05, 0) is 97.5 Å². The Bertz CT molecular complexity index is 1660. The Balaban J connectivity index is 1.08. The second-order valence-electron chi connectivity index (χ2n) is 14.3. The van der Waals surface area contributed by atoms with Crippen molar-refractivity contribution >= 4 is 34.9 Å². The lowest BCUT2D eigenvalue weighted by Crippen LogP contribution is -2.53. The van der Waals surface area contributed by atoms with Gasteiger partial charge < -0.3 is 24.0 Å². The van der Waals surface area contributed by atoms with Crippen LogP contribution >= 0.6 is 11.6 Å². The number of aromatic nitrogens is 1. The van der Waals surface area contributed by atoms with E-state index in [1.807, 2.05) is 71.6 Å². The Morgan fingerprint density at radius 3 is 2.46 bits per heavy atom. The number of rotatable bonds is 10. The maximum Gasteiger partial charge on any atom is 0.236 e. The summed E-state index contributed by atoms with van der Waals surface area (Å²) in [6.07, 6.45) is 8.65. The molecule has 3 aliphatic heterocycles. The van der Waals surface area contributed by atoms with E-state index in [-0.39, 0.29) is 24.3 Å². The maximum absolute atomic E-state index is 14.0. The van der Waals surface area contributed by atoms with Gasteiger partial charge >= 0.3 is 0 Å². The van der Waals surface area contributed by atoms with Crippen LogP contribution < -0.4 is 19.3 Å². The molecule has 2 saturated heterocycles. The van der Waals surface area contributed by atoms with Crippen LogP contribution in [-0.2, 0) is 20.7 Å². The number of benzene rings is 2. The Labute approximate surface area is 300 Å². The number of pyridine rings is 1. The summed E-state index contributed by atoms with van der Waals surface area (Å²) in [4.78, 5) is 39.4. The molecule has 4 heterocycles. The highest BCUT2D eigenvalue weighted by Crippen LogP contribution is 2.44. The number of halogens is 1. The van der Waals surface area contributed by atoms with Crippen LogP contribution in [0.4, 0.5) is 11.5 Å². The standard InChI is InChI=1S/C39H48ClN5O5/c1-42-16-17-44(24-38(42)47)30-12-6-26(7-13-30)23-43(2)36-15-14-31(22-41-36)45-37(46)20-28-19-34(48-3)35(50-25-32-5-4-18-49-32)21-33(28)39(45)27-8-10-29(40)11-9-27/h8-11,14-15,19,21-22,26,30,32,39H,4-7,12-13,16-18,20,23-25H2,1-3H3/t26-,30+,32-,39+/m1/s1. The molecule has 2 aromatic carbocycles. The average Bonchev–Trinajstić information content (AvgIpc) is 3.66. The topological polar surface area (TPSA) is 87.7 Å². The van der Waals surface area contributed by atoms with Crippen LogP contribution in [0.5, 0.6) is 11.5 Å². The summed E-state index contributed by atoms with van der Waals surface area (Å²) in [5.74, 6) is 2.90. The molecular formula is C39H48ClN5O5. The van der Waals surface area contributed by atoms with Gasteiger partial charge in [0.1, 0.15) is 12.4 Å². The smallest absolute Gasteiger partial charge is 0.236 e. The molecule has 3 fully saturated rings. The molecule has 3 aromatic rings. The van der Waals surface area contributed by atoms with Crippen LogP contribution in [0.1, 0.15) is 61.3 Å². The third kappa shape index (κ3) is 7.43. The molecule has 0 unspecified atom stereocenters. The van der Waals surface area contributed by atoms with E-state index in [0.717, 1.165) is 93.0 Å². The Morgan fingerprint density at radius 2 is 1.78 bits per heavy atom. The molecule has 1 aromatic heterocycles. The summed E-state index contributed by atoms with van der Waals surface area (Å²) in [5, 5.41) is 0.634. The van der Waals surface area contributed by atoms with E-state index in [1.165, 1.54) is 0 Å². The molecule has 1 aliphatic carbocycles. The van der Waals surface area contributed by atoms with Crippen LogP contribution in [0.2, 0.25) is 5.02 Å². The van der Waals surface area contributed by atoms with Gasteiger partial charge in [0.15, 0.2) is 11.5 Å². The Hall–Kier alpha value is -3.86. The summed E-state index contributed by atoms with van der Waals surface area (Å²) < 4.78 is 17.8. The molecule has 11 heteroatoms. The van der Waals surface area contributed by atoms with Crippen LogP contribution in [0, 0.1) is 5.92 Å². The maximum atomic E-state index is 14.0. The number of fused-ring (bicyclic) bond motifs is 1. The van der Waals surface area contributed by atoms with Gasteiger partial charge in [-0.2, -0.15) is 0 Å². The van der Waals surface area contributed by atoms with Gasteiger partial charge in [0.2, 0.25) is 11.8 Å². The predicted octanol–water partition coefficient (Wildman–Crippen LogP) is 5.75. The number of methoxy groups -OCH3 is 1. The zero-order valence-corrected chi connectivity index (χ0v) is 30.1. The summed E-state index contributed by atoms with van der Waals surface area (Å²) in [6.45, 7) is 4.46.